The van der Waals surface area contributed by atoms with E-state index in [4.69, 9.17) is 5.73 Å². The van der Waals surface area contributed by atoms with Gasteiger partial charge in [0.1, 0.15) is 0 Å². The van der Waals surface area contributed by atoms with Gasteiger partial charge in [-0.2, -0.15) is 0 Å². The number of anilines is 1. The Morgan fingerprint density at radius 1 is 1.60 bits per heavy atom. The van der Waals surface area contributed by atoms with Gasteiger partial charge >= 0.3 is 5.97 Å². The SMILES string of the molecule is COC(=O)CC(C)c1cc(N)ccc1Br. The summed E-state index contributed by atoms with van der Waals surface area (Å²) in [6.45, 7) is 1.97. The van der Waals surface area contributed by atoms with Gasteiger partial charge in [-0.25, -0.2) is 0 Å². The minimum absolute atomic E-state index is 0.0929. The highest BCUT2D eigenvalue weighted by molar-refractivity contribution is 9.10. The average Bonchev–Trinajstić information content (AvgIpc) is 2.21. The number of esters is 1. The van der Waals surface area contributed by atoms with Gasteiger partial charge in [-0.3, -0.25) is 4.79 Å². The molecule has 0 aromatic heterocycles. The van der Waals surface area contributed by atoms with Gasteiger partial charge in [-0.15, -0.1) is 0 Å². The molecule has 0 aliphatic rings. The van der Waals surface area contributed by atoms with E-state index in [1.54, 1.807) is 0 Å². The number of carbonyl (C=O) groups excluding carboxylic acids is 1. The van der Waals surface area contributed by atoms with Crippen LogP contribution < -0.4 is 5.73 Å². The van der Waals surface area contributed by atoms with E-state index in [1.165, 1.54) is 7.11 Å². The van der Waals surface area contributed by atoms with Crippen molar-refractivity contribution in [2.24, 2.45) is 0 Å². The second-order valence-corrected chi connectivity index (χ2v) is 4.32. The summed E-state index contributed by atoms with van der Waals surface area (Å²) in [6, 6.07) is 5.58. The molecule has 2 N–H and O–H groups in total. The molecule has 0 heterocycles. The van der Waals surface area contributed by atoms with Gasteiger partial charge in [0.2, 0.25) is 0 Å². The maximum Gasteiger partial charge on any atom is 0.306 e. The Morgan fingerprint density at radius 3 is 2.87 bits per heavy atom. The van der Waals surface area contributed by atoms with Gasteiger partial charge in [0.05, 0.1) is 13.5 Å². The molecule has 82 valence electrons. The standard InChI is InChI=1S/C11H14BrNO2/c1-7(5-11(14)15-2)9-6-8(13)3-4-10(9)12/h3-4,6-7H,5,13H2,1-2H3. The number of methoxy groups -OCH3 is 1. The number of benzene rings is 1. The van der Waals surface area contributed by atoms with E-state index in [-0.39, 0.29) is 11.9 Å². The van der Waals surface area contributed by atoms with Gasteiger partial charge in [-0.1, -0.05) is 22.9 Å². The molecule has 1 atom stereocenters. The van der Waals surface area contributed by atoms with Crippen LogP contribution in [0.15, 0.2) is 22.7 Å². The quantitative estimate of drug-likeness (QED) is 0.680. The van der Waals surface area contributed by atoms with Crippen molar-refractivity contribution in [1.82, 2.24) is 0 Å². The Hall–Kier alpha value is -1.03. The number of ether oxygens (including phenoxy) is 1. The van der Waals surface area contributed by atoms with Gasteiger partial charge < -0.3 is 10.5 Å². The van der Waals surface area contributed by atoms with E-state index in [0.717, 1.165) is 10.0 Å². The van der Waals surface area contributed by atoms with E-state index < -0.39 is 0 Å². The van der Waals surface area contributed by atoms with E-state index in [9.17, 15) is 4.79 Å². The summed E-state index contributed by atoms with van der Waals surface area (Å²) >= 11 is 3.44. The number of hydrogen-bond acceptors (Lipinski definition) is 3. The van der Waals surface area contributed by atoms with Crippen LogP contribution in [0.1, 0.15) is 24.8 Å². The van der Waals surface area contributed by atoms with Crippen molar-refractivity contribution in [3.8, 4) is 0 Å². The topological polar surface area (TPSA) is 52.3 Å². The summed E-state index contributed by atoms with van der Waals surface area (Å²) in [7, 11) is 1.39. The zero-order valence-corrected chi connectivity index (χ0v) is 10.4. The van der Waals surface area contributed by atoms with Crippen molar-refractivity contribution in [3.05, 3.63) is 28.2 Å². The van der Waals surface area contributed by atoms with Crippen LogP contribution in [0.3, 0.4) is 0 Å². The lowest BCUT2D eigenvalue weighted by Crippen LogP contribution is -2.06. The van der Waals surface area contributed by atoms with Crippen LogP contribution >= 0.6 is 15.9 Å². The second kappa shape index (κ2) is 5.16. The van der Waals surface area contributed by atoms with Gasteiger partial charge in [0, 0.05) is 10.2 Å². The first kappa shape index (κ1) is 12.0. The average molecular weight is 272 g/mol. The minimum Gasteiger partial charge on any atom is -0.469 e. The molecular weight excluding hydrogens is 258 g/mol. The van der Waals surface area contributed by atoms with Crippen molar-refractivity contribution >= 4 is 27.6 Å². The van der Waals surface area contributed by atoms with Crippen molar-refractivity contribution in [3.63, 3.8) is 0 Å². The third kappa shape index (κ3) is 3.23. The molecule has 0 aliphatic carbocycles. The predicted octanol–water partition coefficient (Wildman–Crippen LogP) is 2.70. The predicted molar refractivity (Wildman–Crippen MR) is 63.6 cm³/mol. The molecule has 0 amide bonds. The third-order valence-electron chi connectivity index (χ3n) is 2.25. The van der Waals surface area contributed by atoms with Crippen LogP contribution in [-0.2, 0) is 9.53 Å². The van der Waals surface area contributed by atoms with Crippen molar-refractivity contribution in [2.45, 2.75) is 19.3 Å². The summed E-state index contributed by atoms with van der Waals surface area (Å²) in [5.41, 5.74) is 7.42. The molecule has 0 bridgehead atoms. The van der Waals surface area contributed by atoms with Crippen molar-refractivity contribution < 1.29 is 9.53 Å². The van der Waals surface area contributed by atoms with Crippen molar-refractivity contribution in [2.75, 3.05) is 12.8 Å². The molecule has 15 heavy (non-hydrogen) atoms. The van der Waals surface area contributed by atoms with E-state index in [2.05, 4.69) is 20.7 Å². The van der Waals surface area contributed by atoms with Crippen LogP contribution in [0.2, 0.25) is 0 Å². The zero-order valence-electron chi connectivity index (χ0n) is 8.79. The molecule has 0 saturated heterocycles. The molecule has 1 aromatic carbocycles. The number of carbonyl (C=O) groups is 1. The molecular formula is C11H14BrNO2. The Labute approximate surface area is 97.7 Å². The molecule has 0 radical (unpaired) electrons. The summed E-state index contributed by atoms with van der Waals surface area (Å²) in [5.74, 6) is -0.118. The summed E-state index contributed by atoms with van der Waals surface area (Å²) in [6.07, 6.45) is 0.360. The normalized spacial score (nSPS) is 12.2. The second-order valence-electron chi connectivity index (χ2n) is 3.46. The fraction of sp³-hybridized carbons (Fsp3) is 0.364. The fourth-order valence-corrected chi connectivity index (χ4v) is 2.02. The lowest BCUT2D eigenvalue weighted by Gasteiger charge is -2.13. The van der Waals surface area contributed by atoms with E-state index >= 15 is 0 Å². The molecule has 1 unspecified atom stereocenters. The first-order valence-electron chi connectivity index (χ1n) is 4.66. The molecule has 1 rings (SSSR count). The Bertz CT molecular complexity index is 366. The summed E-state index contributed by atoms with van der Waals surface area (Å²) < 4.78 is 5.59. The third-order valence-corrected chi connectivity index (χ3v) is 2.97. The van der Waals surface area contributed by atoms with Crippen molar-refractivity contribution in [1.29, 1.82) is 0 Å². The highest BCUT2D eigenvalue weighted by atomic mass is 79.9. The number of nitrogens with two attached hydrogens (primary N) is 1. The number of hydrogen-bond donors (Lipinski definition) is 1. The van der Waals surface area contributed by atoms with Crippen LogP contribution in [0, 0.1) is 0 Å². The van der Waals surface area contributed by atoms with E-state index in [0.29, 0.717) is 12.1 Å². The maximum absolute atomic E-state index is 11.1. The molecule has 4 heteroatoms. The van der Waals surface area contributed by atoms with E-state index in [1.807, 2.05) is 25.1 Å². The Kier molecular flexibility index (Phi) is 4.15. The monoisotopic (exact) mass is 271 g/mol. The molecule has 0 saturated carbocycles. The minimum atomic E-state index is -0.211. The maximum atomic E-state index is 11.1. The Balaban J connectivity index is 2.85. The van der Waals surface area contributed by atoms with Crippen LogP contribution in [0.25, 0.3) is 0 Å². The first-order chi connectivity index (χ1) is 7.04. The first-order valence-corrected chi connectivity index (χ1v) is 5.45. The van der Waals surface area contributed by atoms with Crippen LogP contribution in [0.5, 0.6) is 0 Å². The molecule has 1 aromatic rings. The van der Waals surface area contributed by atoms with Crippen LogP contribution in [0.4, 0.5) is 5.69 Å². The summed E-state index contributed by atoms with van der Waals surface area (Å²) in [5, 5.41) is 0. The highest BCUT2D eigenvalue weighted by Crippen LogP contribution is 2.29. The smallest absolute Gasteiger partial charge is 0.306 e. The zero-order chi connectivity index (χ0) is 11.4. The molecule has 0 fully saturated rings. The lowest BCUT2D eigenvalue weighted by atomic mass is 9.97. The largest absolute Gasteiger partial charge is 0.469 e. The highest BCUT2D eigenvalue weighted by Gasteiger charge is 2.14. The van der Waals surface area contributed by atoms with Gasteiger partial charge in [-0.05, 0) is 29.7 Å². The fourth-order valence-electron chi connectivity index (χ4n) is 1.38. The molecule has 3 nitrogen and oxygen atoms in total. The Morgan fingerprint density at radius 2 is 2.27 bits per heavy atom. The molecule has 0 aliphatic heterocycles. The lowest BCUT2D eigenvalue weighted by molar-refractivity contribution is -0.140. The van der Waals surface area contributed by atoms with Gasteiger partial charge in [0.25, 0.3) is 0 Å². The van der Waals surface area contributed by atoms with Crippen LogP contribution in [-0.4, -0.2) is 13.1 Å². The van der Waals surface area contributed by atoms with Gasteiger partial charge in [0.15, 0.2) is 0 Å². The number of halogens is 1. The molecule has 0 spiro atoms. The number of nitrogen functional groups attached to an aromatic ring is 1. The summed E-state index contributed by atoms with van der Waals surface area (Å²) in [4.78, 5) is 11.1. The number of rotatable bonds is 3.